The lowest BCUT2D eigenvalue weighted by molar-refractivity contribution is -0.113. The number of hydrogen-bond donors (Lipinski definition) is 1. The molecule has 8 heteroatoms. The van der Waals surface area contributed by atoms with E-state index in [0.29, 0.717) is 22.3 Å². The minimum atomic E-state index is -0.147. The second kappa shape index (κ2) is 9.09. The van der Waals surface area contributed by atoms with E-state index >= 15 is 0 Å². The Morgan fingerprint density at radius 3 is 2.48 bits per heavy atom. The van der Waals surface area contributed by atoms with Crippen molar-refractivity contribution < 1.29 is 14.0 Å². The molecular weight excluding hydrogens is 388 g/mol. The zero-order valence-corrected chi connectivity index (χ0v) is 17.7. The zero-order valence-electron chi connectivity index (χ0n) is 16.9. The number of benzene rings is 1. The lowest BCUT2D eigenvalue weighted by Gasteiger charge is -2.12. The Hall–Kier alpha value is -2.87. The highest BCUT2D eigenvalue weighted by Gasteiger charge is 2.19. The largest absolute Gasteiger partial charge is 0.469 e. The van der Waals surface area contributed by atoms with Gasteiger partial charge in [-0.2, -0.15) is 0 Å². The molecule has 0 saturated carbocycles. The van der Waals surface area contributed by atoms with Crippen LogP contribution in [-0.2, 0) is 11.3 Å². The summed E-state index contributed by atoms with van der Waals surface area (Å²) in [5, 5.41) is 12.2. The maximum absolute atomic E-state index is 12.4. The molecule has 0 fully saturated rings. The van der Waals surface area contributed by atoms with Crippen LogP contribution in [0.15, 0.2) is 46.2 Å². The van der Waals surface area contributed by atoms with E-state index in [1.807, 2.05) is 17.6 Å². The minimum Gasteiger partial charge on any atom is -0.469 e. The predicted molar refractivity (Wildman–Crippen MR) is 113 cm³/mol. The van der Waals surface area contributed by atoms with Gasteiger partial charge in [0.05, 0.1) is 17.6 Å². The molecule has 0 aliphatic rings. The number of amides is 1. The Balaban J connectivity index is 1.69. The van der Waals surface area contributed by atoms with Gasteiger partial charge in [0.1, 0.15) is 5.76 Å². The van der Waals surface area contributed by atoms with Gasteiger partial charge >= 0.3 is 0 Å². The second-order valence-corrected chi connectivity index (χ2v) is 8.11. The summed E-state index contributed by atoms with van der Waals surface area (Å²) in [6.45, 7) is 8.39. The molecule has 0 unspecified atom stereocenters. The van der Waals surface area contributed by atoms with Crippen LogP contribution in [0.2, 0.25) is 0 Å². The van der Waals surface area contributed by atoms with Crippen molar-refractivity contribution in [3.63, 3.8) is 0 Å². The monoisotopic (exact) mass is 412 g/mol. The minimum absolute atomic E-state index is 0.00779. The predicted octanol–water partition coefficient (Wildman–Crippen LogP) is 4.44. The summed E-state index contributed by atoms with van der Waals surface area (Å²) in [7, 11) is 0. The highest BCUT2D eigenvalue weighted by Crippen LogP contribution is 2.28. The molecule has 2 aromatic heterocycles. The summed E-state index contributed by atoms with van der Waals surface area (Å²) >= 11 is 1.34. The third-order valence-electron chi connectivity index (χ3n) is 4.27. The number of anilines is 1. The normalized spacial score (nSPS) is 11.1. The van der Waals surface area contributed by atoms with Crippen LogP contribution in [0.25, 0.3) is 11.4 Å². The molecule has 3 aromatic rings. The molecule has 3 rings (SSSR count). The van der Waals surface area contributed by atoms with Crippen LogP contribution >= 0.6 is 11.8 Å². The SMILES string of the molecule is CC(=O)c1ccc(NC(=O)CSc2nnc(-c3ccoc3C)n2CC(C)C)cc1. The van der Waals surface area contributed by atoms with Crippen LogP contribution in [0, 0.1) is 12.8 Å². The first-order valence-corrected chi connectivity index (χ1v) is 10.3. The number of rotatable bonds is 8. The Bertz CT molecular complexity index is 1010. The molecule has 1 amide bonds. The Labute approximate surface area is 173 Å². The Morgan fingerprint density at radius 2 is 1.90 bits per heavy atom. The number of nitrogens with zero attached hydrogens (tertiary/aromatic N) is 3. The van der Waals surface area contributed by atoms with Gasteiger partial charge < -0.3 is 14.3 Å². The second-order valence-electron chi connectivity index (χ2n) is 7.17. The molecule has 0 aliphatic carbocycles. The number of carbonyl (C=O) groups is 2. The fraction of sp³-hybridized carbons (Fsp3) is 0.333. The average Bonchev–Trinajstić information content (AvgIpc) is 3.25. The first-order chi connectivity index (χ1) is 13.8. The number of aryl methyl sites for hydroxylation is 1. The van der Waals surface area contributed by atoms with E-state index in [-0.39, 0.29) is 17.4 Å². The van der Waals surface area contributed by atoms with Crippen molar-refractivity contribution in [1.82, 2.24) is 14.8 Å². The molecule has 7 nitrogen and oxygen atoms in total. The lowest BCUT2D eigenvalue weighted by atomic mass is 10.1. The first-order valence-electron chi connectivity index (χ1n) is 9.36. The smallest absolute Gasteiger partial charge is 0.234 e. The number of nitrogens with one attached hydrogen (secondary N) is 1. The summed E-state index contributed by atoms with van der Waals surface area (Å²) < 4.78 is 7.43. The van der Waals surface area contributed by atoms with Gasteiger partial charge in [0.2, 0.25) is 5.91 Å². The molecule has 1 N–H and O–H groups in total. The molecule has 1 aromatic carbocycles. The number of furan rings is 1. The highest BCUT2D eigenvalue weighted by molar-refractivity contribution is 7.99. The quantitative estimate of drug-likeness (QED) is 0.435. The van der Waals surface area contributed by atoms with Crippen LogP contribution < -0.4 is 5.32 Å². The molecule has 152 valence electrons. The molecule has 2 heterocycles. The number of hydrogen-bond acceptors (Lipinski definition) is 6. The third-order valence-corrected chi connectivity index (χ3v) is 5.24. The van der Waals surface area contributed by atoms with Crippen LogP contribution in [-0.4, -0.2) is 32.2 Å². The van der Waals surface area contributed by atoms with E-state index in [0.717, 1.165) is 23.7 Å². The van der Waals surface area contributed by atoms with Gasteiger partial charge in [0.25, 0.3) is 0 Å². The average molecular weight is 413 g/mol. The standard InChI is InChI=1S/C21H24N4O3S/c1-13(2)11-25-20(18-9-10-28-15(18)4)23-24-21(25)29-12-19(27)22-17-7-5-16(6-8-17)14(3)26/h5-10,13H,11-12H2,1-4H3,(H,22,27). The highest BCUT2D eigenvalue weighted by atomic mass is 32.2. The molecule has 0 atom stereocenters. The van der Waals surface area contributed by atoms with Crippen LogP contribution in [0.4, 0.5) is 5.69 Å². The molecule has 0 bridgehead atoms. The maximum atomic E-state index is 12.4. The number of carbonyl (C=O) groups excluding carboxylic acids is 2. The summed E-state index contributed by atoms with van der Waals surface area (Å²) in [6, 6.07) is 8.72. The maximum Gasteiger partial charge on any atom is 0.234 e. The molecule has 0 saturated heterocycles. The van der Waals surface area contributed by atoms with E-state index in [1.165, 1.54) is 18.7 Å². The van der Waals surface area contributed by atoms with E-state index in [1.54, 1.807) is 30.5 Å². The van der Waals surface area contributed by atoms with E-state index in [2.05, 4.69) is 29.4 Å². The summed E-state index contributed by atoms with van der Waals surface area (Å²) in [4.78, 5) is 23.7. The number of thioether (sulfide) groups is 1. The Kier molecular flexibility index (Phi) is 6.53. The summed E-state index contributed by atoms with van der Waals surface area (Å²) in [6.07, 6.45) is 1.64. The van der Waals surface area contributed by atoms with Gasteiger partial charge in [-0.25, -0.2) is 0 Å². The number of ketones is 1. The van der Waals surface area contributed by atoms with Crippen LogP contribution in [0.5, 0.6) is 0 Å². The molecular formula is C21H24N4O3S. The van der Waals surface area contributed by atoms with Gasteiger partial charge in [-0.05, 0) is 50.1 Å². The van der Waals surface area contributed by atoms with Crippen molar-refractivity contribution in [3.05, 3.63) is 47.9 Å². The first kappa shape index (κ1) is 20.9. The van der Waals surface area contributed by atoms with Gasteiger partial charge in [0.15, 0.2) is 16.8 Å². The van der Waals surface area contributed by atoms with Crippen molar-refractivity contribution in [2.75, 3.05) is 11.1 Å². The summed E-state index contributed by atoms with van der Waals surface area (Å²) in [5.41, 5.74) is 2.17. The topological polar surface area (TPSA) is 90.0 Å². The molecule has 0 aliphatic heterocycles. The van der Waals surface area contributed by atoms with Crippen LogP contribution in [0.1, 0.15) is 36.9 Å². The van der Waals surface area contributed by atoms with Gasteiger partial charge in [-0.1, -0.05) is 25.6 Å². The fourth-order valence-electron chi connectivity index (χ4n) is 2.86. The van der Waals surface area contributed by atoms with Crippen molar-refractivity contribution in [3.8, 4) is 11.4 Å². The van der Waals surface area contributed by atoms with Crippen molar-refractivity contribution in [2.45, 2.75) is 39.4 Å². The van der Waals surface area contributed by atoms with E-state index in [9.17, 15) is 9.59 Å². The number of aromatic nitrogens is 3. The van der Waals surface area contributed by atoms with Crippen molar-refractivity contribution in [1.29, 1.82) is 0 Å². The van der Waals surface area contributed by atoms with Crippen LogP contribution in [0.3, 0.4) is 0 Å². The number of Topliss-reactive ketones (excluding diaryl/α,β-unsaturated/α-hetero) is 1. The zero-order chi connectivity index (χ0) is 21.0. The van der Waals surface area contributed by atoms with Crippen molar-refractivity contribution in [2.24, 2.45) is 5.92 Å². The van der Waals surface area contributed by atoms with Gasteiger partial charge in [0, 0.05) is 17.8 Å². The van der Waals surface area contributed by atoms with Crippen molar-refractivity contribution >= 4 is 29.1 Å². The Morgan fingerprint density at radius 1 is 1.17 bits per heavy atom. The molecule has 0 radical (unpaired) electrons. The van der Waals surface area contributed by atoms with Gasteiger partial charge in [-0.15, -0.1) is 10.2 Å². The lowest BCUT2D eigenvalue weighted by Crippen LogP contribution is -2.15. The fourth-order valence-corrected chi connectivity index (χ4v) is 3.60. The van der Waals surface area contributed by atoms with E-state index in [4.69, 9.17) is 4.42 Å². The molecule has 29 heavy (non-hydrogen) atoms. The van der Waals surface area contributed by atoms with Gasteiger partial charge in [-0.3, -0.25) is 9.59 Å². The summed E-state index contributed by atoms with van der Waals surface area (Å²) in [5.74, 6) is 1.97. The molecule has 0 spiro atoms. The van der Waals surface area contributed by atoms with E-state index < -0.39 is 0 Å². The third kappa shape index (κ3) is 5.14.